The van der Waals surface area contributed by atoms with Crippen LogP contribution >= 0.6 is 0 Å². The van der Waals surface area contributed by atoms with Crippen LogP contribution in [-0.4, -0.2) is 38.4 Å². The molecule has 2 aromatic heterocycles. The van der Waals surface area contributed by atoms with Gasteiger partial charge in [-0.2, -0.15) is 0 Å². The predicted molar refractivity (Wildman–Crippen MR) is 167 cm³/mol. The summed E-state index contributed by atoms with van der Waals surface area (Å²) in [5, 5.41) is 27.6. The number of nitro benzene ring substituents is 1. The highest BCUT2D eigenvalue weighted by Crippen LogP contribution is 2.37. The van der Waals surface area contributed by atoms with Gasteiger partial charge in [-0.3, -0.25) is 24.1 Å². The quantitative estimate of drug-likeness (QED) is 0.122. The highest BCUT2D eigenvalue weighted by atomic mass is 16.6. The molecule has 0 radical (unpaired) electrons. The number of nitrogens with zero attached hydrogens (tertiary/aromatic N) is 3. The molecule has 0 spiro atoms. The average Bonchev–Trinajstić information content (AvgIpc) is 3.36. The lowest BCUT2D eigenvalue weighted by atomic mass is 10.0. The molecule has 0 saturated heterocycles. The van der Waals surface area contributed by atoms with Gasteiger partial charge in [0.15, 0.2) is 5.75 Å². The van der Waals surface area contributed by atoms with Crippen molar-refractivity contribution in [2.75, 3.05) is 12.4 Å². The molecule has 5 aromatic rings. The molecule has 1 atom stereocenters. The summed E-state index contributed by atoms with van der Waals surface area (Å²) in [5.74, 6) is -0.837. The molecule has 3 N–H and O–H groups in total. The van der Waals surface area contributed by atoms with E-state index in [2.05, 4.69) is 10.6 Å². The van der Waals surface area contributed by atoms with E-state index in [9.17, 15) is 24.8 Å². The van der Waals surface area contributed by atoms with Gasteiger partial charge >= 0.3 is 11.7 Å². The first-order valence-electron chi connectivity index (χ1n) is 13.8. The number of carbonyl (C=O) groups excluding carboxylic acids is 1. The zero-order valence-electron chi connectivity index (χ0n) is 24.6. The first-order chi connectivity index (χ1) is 21.0. The minimum atomic E-state index is -1.04. The van der Waals surface area contributed by atoms with Crippen LogP contribution in [-0.2, 0) is 4.79 Å². The summed E-state index contributed by atoms with van der Waals surface area (Å²) in [7, 11) is 1.37. The van der Waals surface area contributed by atoms with E-state index in [-0.39, 0.29) is 23.4 Å². The van der Waals surface area contributed by atoms with Gasteiger partial charge in [-0.05, 0) is 61.7 Å². The highest BCUT2D eigenvalue weighted by Gasteiger charge is 2.23. The van der Waals surface area contributed by atoms with Crippen molar-refractivity contribution in [1.29, 1.82) is 0 Å². The van der Waals surface area contributed by atoms with Crippen LogP contribution in [0.15, 0.2) is 79.0 Å². The van der Waals surface area contributed by atoms with Gasteiger partial charge in [0, 0.05) is 29.1 Å². The number of aryl methyl sites for hydroxylation is 3. The number of carbonyl (C=O) groups is 2. The Kier molecular flexibility index (Phi) is 8.30. The van der Waals surface area contributed by atoms with Crippen LogP contribution in [0.1, 0.15) is 45.1 Å². The molecule has 0 fully saturated rings. The summed E-state index contributed by atoms with van der Waals surface area (Å²) in [5.41, 5.74) is 5.91. The number of ether oxygens (including phenoxy) is 1. The van der Waals surface area contributed by atoms with E-state index in [0.717, 1.165) is 22.4 Å². The number of benzene rings is 3. The number of hydrogen-bond donors (Lipinski definition) is 3. The normalized spacial score (nSPS) is 11.6. The number of para-hydroxylation sites is 1. The Morgan fingerprint density at radius 2 is 1.73 bits per heavy atom. The maximum atomic E-state index is 13.4. The molecule has 0 saturated carbocycles. The van der Waals surface area contributed by atoms with E-state index in [1.807, 2.05) is 51.1 Å². The number of aliphatic carboxylic acids is 1. The van der Waals surface area contributed by atoms with Crippen molar-refractivity contribution >= 4 is 34.7 Å². The summed E-state index contributed by atoms with van der Waals surface area (Å²) in [6.45, 7) is 5.87. The van der Waals surface area contributed by atoms with Crippen LogP contribution in [0.2, 0.25) is 0 Å². The second-order valence-corrected chi connectivity index (χ2v) is 10.5. The second kappa shape index (κ2) is 12.3. The molecule has 44 heavy (non-hydrogen) atoms. The summed E-state index contributed by atoms with van der Waals surface area (Å²) in [6, 6.07) is 20.3. The smallest absolute Gasteiger partial charge is 0.311 e. The van der Waals surface area contributed by atoms with Gasteiger partial charge in [0.05, 0.1) is 24.5 Å². The summed E-state index contributed by atoms with van der Waals surface area (Å²) >= 11 is 0. The third-order valence-electron chi connectivity index (χ3n) is 7.43. The Morgan fingerprint density at radius 3 is 2.36 bits per heavy atom. The number of amides is 1. The maximum absolute atomic E-state index is 13.4. The first kappa shape index (κ1) is 29.8. The Balaban J connectivity index is 1.59. The maximum Gasteiger partial charge on any atom is 0.311 e. The molecular formula is C33H31N5O6. The number of hydrogen-bond acceptors (Lipinski definition) is 7. The Bertz CT molecular complexity index is 1880. The van der Waals surface area contributed by atoms with Gasteiger partial charge in [0.1, 0.15) is 17.2 Å². The van der Waals surface area contributed by atoms with E-state index < -0.39 is 22.8 Å². The summed E-state index contributed by atoms with van der Waals surface area (Å²) < 4.78 is 6.95. The van der Waals surface area contributed by atoms with Crippen LogP contribution in [0.5, 0.6) is 5.75 Å². The van der Waals surface area contributed by atoms with E-state index in [1.165, 1.54) is 19.2 Å². The topological polar surface area (TPSA) is 148 Å². The van der Waals surface area contributed by atoms with E-state index >= 15 is 0 Å². The van der Waals surface area contributed by atoms with Gasteiger partial charge in [-0.25, -0.2) is 4.98 Å². The van der Waals surface area contributed by atoms with Crippen LogP contribution in [0.25, 0.3) is 16.9 Å². The number of nitro groups is 1. The third kappa shape index (κ3) is 6.07. The number of imidazole rings is 1. The van der Waals surface area contributed by atoms with Crippen LogP contribution in [0, 0.1) is 30.9 Å². The van der Waals surface area contributed by atoms with Crippen molar-refractivity contribution in [3.05, 3.63) is 117 Å². The lowest BCUT2D eigenvalue weighted by Gasteiger charge is -2.18. The Hall–Kier alpha value is -5.71. The number of anilines is 2. The van der Waals surface area contributed by atoms with E-state index in [1.54, 1.807) is 40.9 Å². The number of carboxylic acids is 1. The molecular weight excluding hydrogens is 562 g/mol. The molecule has 0 bridgehead atoms. The zero-order chi connectivity index (χ0) is 31.5. The number of nitrogens with one attached hydrogen (secondary N) is 2. The fraction of sp³-hybridized carbons (Fsp3) is 0.182. The Morgan fingerprint density at radius 1 is 1.02 bits per heavy atom. The molecule has 3 aromatic carbocycles. The molecule has 11 nitrogen and oxygen atoms in total. The summed E-state index contributed by atoms with van der Waals surface area (Å²) in [6.07, 6.45) is 1.40. The summed E-state index contributed by atoms with van der Waals surface area (Å²) in [4.78, 5) is 41.1. The molecule has 0 aliphatic heterocycles. The average molecular weight is 594 g/mol. The molecule has 0 aliphatic carbocycles. The zero-order valence-corrected chi connectivity index (χ0v) is 24.6. The van der Waals surface area contributed by atoms with Gasteiger partial charge in [0.2, 0.25) is 0 Å². The fourth-order valence-electron chi connectivity index (χ4n) is 5.08. The van der Waals surface area contributed by atoms with Gasteiger partial charge in [-0.15, -0.1) is 0 Å². The van der Waals surface area contributed by atoms with Crippen molar-refractivity contribution in [1.82, 2.24) is 14.7 Å². The number of methoxy groups -OCH3 is 1. The van der Waals surface area contributed by atoms with E-state index in [4.69, 9.17) is 9.72 Å². The molecule has 1 amide bonds. The number of pyridine rings is 1. The van der Waals surface area contributed by atoms with E-state index in [0.29, 0.717) is 28.3 Å². The monoisotopic (exact) mass is 593 g/mol. The lowest BCUT2D eigenvalue weighted by Crippen LogP contribution is -2.30. The van der Waals surface area contributed by atoms with Crippen molar-refractivity contribution in [2.24, 2.45) is 0 Å². The van der Waals surface area contributed by atoms with Gasteiger partial charge in [-0.1, -0.05) is 48.0 Å². The van der Waals surface area contributed by atoms with Gasteiger partial charge < -0.3 is 20.5 Å². The standard InChI is InChI=1S/C33H31N5O6/c1-19-8-10-22(11-9-19)25(18-29(39)40)34-33(41)24-14-15-37-28(17-24)35-31(23-12-13-27(44-4)26(16-23)38(42)43)32(37)36-30-20(2)6-5-7-21(30)3/h5-17,25,36H,18H2,1-4H3,(H,34,41)(H,39,40). The SMILES string of the molecule is COc1ccc(-c2nc3cc(C(=O)NC(CC(=O)O)c4ccc(C)cc4)ccn3c2Nc2c(C)cccc2C)cc1[N+](=O)[O-]. The molecule has 11 heteroatoms. The molecule has 0 aliphatic rings. The van der Waals surface area contributed by atoms with Crippen molar-refractivity contribution in [2.45, 2.75) is 33.2 Å². The fourth-order valence-corrected chi connectivity index (χ4v) is 5.08. The number of carboxylic acid groups (broad SMARTS) is 1. The van der Waals surface area contributed by atoms with Crippen LogP contribution in [0.3, 0.4) is 0 Å². The first-order valence-corrected chi connectivity index (χ1v) is 13.8. The van der Waals surface area contributed by atoms with Crippen LogP contribution in [0.4, 0.5) is 17.2 Å². The van der Waals surface area contributed by atoms with Crippen molar-refractivity contribution in [3.63, 3.8) is 0 Å². The molecule has 224 valence electrons. The second-order valence-electron chi connectivity index (χ2n) is 10.5. The predicted octanol–water partition coefficient (Wildman–Crippen LogP) is 6.53. The number of aromatic nitrogens is 2. The number of rotatable bonds is 10. The largest absolute Gasteiger partial charge is 0.490 e. The molecule has 5 rings (SSSR count). The van der Waals surface area contributed by atoms with Crippen molar-refractivity contribution < 1.29 is 24.4 Å². The molecule has 2 heterocycles. The minimum Gasteiger partial charge on any atom is -0.490 e. The highest BCUT2D eigenvalue weighted by molar-refractivity contribution is 5.96. The minimum absolute atomic E-state index is 0.121. The van der Waals surface area contributed by atoms with Gasteiger partial charge in [0.25, 0.3) is 5.91 Å². The Labute approximate surface area is 253 Å². The van der Waals surface area contributed by atoms with Crippen LogP contribution < -0.4 is 15.4 Å². The molecule has 1 unspecified atom stereocenters. The number of fused-ring (bicyclic) bond motifs is 1. The third-order valence-corrected chi connectivity index (χ3v) is 7.43. The van der Waals surface area contributed by atoms with Crippen molar-refractivity contribution in [3.8, 4) is 17.0 Å². The lowest BCUT2D eigenvalue weighted by molar-refractivity contribution is -0.385.